The van der Waals surface area contributed by atoms with Gasteiger partial charge in [0.25, 0.3) is 0 Å². The van der Waals surface area contributed by atoms with Crippen LogP contribution in [0.1, 0.15) is 49.3 Å². The van der Waals surface area contributed by atoms with Gasteiger partial charge in [-0.1, -0.05) is 6.92 Å². The van der Waals surface area contributed by atoms with E-state index in [0.29, 0.717) is 0 Å². The fourth-order valence-corrected chi connectivity index (χ4v) is 4.48. The summed E-state index contributed by atoms with van der Waals surface area (Å²) in [4.78, 5) is 9.65. The van der Waals surface area contributed by atoms with Gasteiger partial charge in [-0.2, -0.15) is 5.26 Å². The Morgan fingerprint density at radius 2 is 2.04 bits per heavy atom. The van der Waals surface area contributed by atoms with Crippen molar-refractivity contribution in [1.82, 2.24) is 9.88 Å². The Balaban J connectivity index is 1.67. The van der Waals surface area contributed by atoms with Crippen LogP contribution in [0.5, 0.6) is 0 Å². The first-order valence-corrected chi connectivity index (χ1v) is 10.4. The predicted octanol–water partition coefficient (Wildman–Crippen LogP) is 2.77. The topological polar surface area (TPSA) is 64.4 Å². The summed E-state index contributed by atoms with van der Waals surface area (Å²) in [5.74, 6) is 2.61. The van der Waals surface area contributed by atoms with Crippen LogP contribution in [0.25, 0.3) is 0 Å². The highest BCUT2D eigenvalue weighted by atomic mass is 16.5. The van der Waals surface area contributed by atoms with Crippen molar-refractivity contribution in [2.24, 2.45) is 5.92 Å². The van der Waals surface area contributed by atoms with Crippen LogP contribution in [-0.4, -0.2) is 55.8 Å². The molecular formula is C21H31N5O. The molecule has 2 saturated heterocycles. The molecule has 4 rings (SSSR count). The van der Waals surface area contributed by atoms with E-state index < -0.39 is 0 Å². The Labute approximate surface area is 162 Å². The van der Waals surface area contributed by atoms with Crippen molar-refractivity contribution in [2.45, 2.75) is 51.7 Å². The molecule has 3 aliphatic heterocycles. The van der Waals surface area contributed by atoms with Gasteiger partial charge in [0, 0.05) is 44.9 Å². The molecule has 6 heteroatoms. The number of hydrogen-bond donors (Lipinski definition) is 1. The molecule has 1 aromatic heterocycles. The molecule has 6 nitrogen and oxygen atoms in total. The van der Waals surface area contributed by atoms with Crippen molar-refractivity contribution in [3.63, 3.8) is 0 Å². The summed E-state index contributed by atoms with van der Waals surface area (Å²) >= 11 is 0. The minimum Gasteiger partial charge on any atom is -0.376 e. The number of aromatic nitrogens is 1. The number of hydrogen-bond acceptors (Lipinski definition) is 6. The largest absolute Gasteiger partial charge is 0.376 e. The van der Waals surface area contributed by atoms with Crippen LogP contribution in [-0.2, 0) is 17.7 Å². The number of rotatable bonds is 4. The minimum atomic E-state index is 0.277. The number of nitrogens with zero attached hydrogens (tertiary/aromatic N) is 4. The van der Waals surface area contributed by atoms with Crippen LogP contribution in [0.4, 0.5) is 11.6 Å². The van der Waals surface area contributed by atoms with E-state index in [4.69, 9.17) is 9.72 Å². The quantitative estimate of drug-likeness (QED) is 0.880. The van der Waals surface area contributed by atoms with Gasteiger partial charge in [0.15, 0.2) is 0 Å². The Kier molecular flexibility index (Phi) is 5.51. The van der Waals surface area contributed by atoms with Gasteiger partial charge in [-0.15, -0.1) is 0 Å². The van der Waals surface area contributed by atoms with Gasteiger partial charge in [0.05, 0.1) is 11.7 Å². The van der Waals surface area contributed by atoms with Crippen molar-refractivity contribution in [1.29, 1.82) is 5.26 Å². The number of piperidine rings is 1. The maximum Gasteiger partial charge on any atom is 0.149 e. The Morgan fingerprint density at radius 3 is 2.74 bits per heavy atom. The summed E-state index contributed by atoms with van der Waals surface area (Å²) in [6.45, 7) is 7.80. The average Bonchev–Trinajstić information content (AvgIpc) is 3.20. The Morgan fingerprint density at radius 1 is 1.22 bits per heavy atom. The van der Waals surface area contributed by atoms with Gasteiger partial charge in [-0.25, -0.2) is 4.98 Å². The zero-order valence-corrected chi connectivity index (χ0v) is 16.6. The molecule has 146 valence electrons. The van der Waals surface area contributed by atoms with E-state index in [-0.39, 0.29) is 6.10 Å². The summed E-state index contributed by atoms with van der Waals surface area (Å²) < 4.78 is 5.78. The van der Waals surface area contributed by atoms with E-state index in [9.17, 15) is 5.26 Å². The Bertz CT molecular complexity index is 714. The van der Waals surface area contributed by atoms with Gasteiger partial charge in [0.2, 0.25) is 0 Å². The number of fused-ring (bicyclic) bond motifs is 1. The monoisotopic (exact) mass is 369 g/mol. The van der Waals surface area contributed by atoms with Gasteiger partial charge in [-0.3, -0.25) is 0 Å². The molecule has 27 heavy (non-hydrogen) atoms. The third-order valence-electron chi connectivity index (χ3n) is 6.28. The molecule has 0 aromatic carbocycles. The average molecular weight is 370 g/mol. The van der Waals surface area contributed by atoms with Crippen LogP contribution < -0.4 is 10.2 Å². The standard InChI is InChI=1S/C21H31N5O/c1-15-5-9-26(10-6-15)21-18(12-22)17-7-8-25(2)14-19(17)20(24-21)23-13-16-4-3-11-27-16/h15-16H,3-11,13-14H2,1-2H3,(H,23,24). The Hall–Kier alpha value is -1.84. The van der Waals surface area contributed by atoms with Gasteiger partial charge >= 0.3 is 0 Å². The smallest absolute Gasteiger partial charge is 0.149 e. The number of pyridine rings is 1. The molecule has 1 N–H and O–H groups in total. The van der Waals surface area contributed by atoms with E-state index in [1.54, 1.807) is 0 Å². The number of likely N-dealkylation sites (N-methyl/N-ethyl adjacent to an activating group) is 1. The fraction of sp³-hybridized carbons (Fsp3) is 0.714. The van der Waals surface area contributed by atoms with Crippen LogP contribution >= 0.6 is 0 Å². The maximum atomic E-state index is 9.95. The lowest BCUT2D eigenvalue weighted by Crippen LogP contribution is -2.36. The van der Waals surface area contributed by atoms with Crippen molar-refractivity contribution in [3.05, 3.63) is 16.7 Å². The second-order valence-corrected chi connectivity index (χ2v) is 8.40. The molecule has 2 fully saturated rings. The van der Waals surface area contributed by atoms with Crippen molar-refractivity contribution >= 4 is 11.6 Å². The van der Waals surface area contributed by atoms with Crippen molar-refractivity contribution < 1.29 is 4.74 Å². The predicted molar refractivity (Wildman–Crippen MR) is 107 cm³/mol. The molecule has 1 unspecified atom stereocenters. The highest BCUT2D eigenvalue weighted by Crippen LogP contribution is 2.34. The van der Waals surface area contributed by atoms with Gasteiger partial charge in [-0.05, 0) is 50.6 Å². The molecule has 0 aliphatic carbocycles. The molecule has 0 saturated carbocycles. The van der Waals surface area contributed by atoms with Crippen LogP contribution in [0.3, 0.4) is 0 Å². The number of nitriles is 1. The van der Waals surface area contributed by atoms with Gasteiger partial charge < -0.3 is 19.9 Å². The van der Waals surface area contributed by atoms with E-state index >= 15 is 0 Å². The minimum absolute atomic E-state index is 0.277. The molecule has 1 aromatic rings. The van der Waals surface area contributed by atoms with E-state index in [2.05, 4.69) is 35.2 Å². The van der Waals surface area contributed by atoms with E-state index in [1.807, 2.05) is 0 Å². The van der Waals surface area contributed by atoms with Crippen molar-refractivity contribution in [2.75, 3.05) is 50.1 Å². The summed E-state index contributed by atoms with van der Waals surface area (Å²) in [5.41, 5.74) is 3.21. The molecule has 0 bridgehead atoms. The molecule has 0 spiro atoms. The number of ether oxygens (including phenoxy) is 1. The van der Waals surface area contributed by atoms with Crippen LogP contribution in [0.15, 0.2) is 0 Å². The zero-order chi connectivity index (χ0) is 18.8. The molecular weight excluding hydrogens is 338 g/mol. The second kappa shape index (κ2) is 8.04. The molecule has 0 radical (unpaired) electrons. The number of nitrogens with one attached hydrogen (secondary N) is 1. The molecule has 0 amide bonds. The lowest BCUT2D eigenvalue weighted by atomic mass is 9.94. The first-order chi connectivity index (χ1) is 13.2. The summed E-state index contributed by atoms with van der Waals surface area (Å²) in [5, 5.41) is 13.5. The summed E-state index contributed by atoms with van der Waals surface area (Å²) in [7, 11) is 2.14. The van der Waals surface area contributed by atoms with Gasteiger partial charge in [0.1, 0.15) is 17.7 Å². The van der Waals surface area contributed by atoms with E-state index in [1.165, 1.54) is 24.0 Å². The normalized spacial score (nSPS) is 23.9. The van der Waals surface area contributed by atoms with Crippen LogP contribution in [0.2, 0.25) is 0 Å². The number of anilines is 2. The van der Waals surface area contributed by atoms with E-state index in [0.717, 1.165) is 81.7 Å². The zero-order valence-electron chi connectivity index (χ0n) is 16.6. The summed E-state index contributed by atoms with van der Waals surface area (Å²) in [6.07, 6.45) is 5.80. The third-order valence-corrected chi connectivity index (χ3v) is 6.28. The first kappa shape index (κ1) is 18.5. The maximum absolute atomic E-state index is 9.95. The second-order valence-electron chi connectivity index (χ2n) is 8.40. The molecule has 4 heterocycles. The SMILES string of the molecule is CC1CCN(c2nc(NCC3CCCO3)c3c(c2C#N)CCN(C)C3)CC1. The van der Waals surface area contributed by atoms with Crippen LogP contribution in [0, 0.1) is 17.2 Å². The fourth-order valence-electron chi connectivity index (χ4n) is 4.48. The third kappa shape index (κ3) is 3.90. The lowest BCUT2D eigenvalue weighted by molar-refractivity contribution is 0.120. The first-order valence-electron chi connectivity index (χ1n) is 10.4. The highest BCUT2D eigenvalue weighted by molar-refractivity contribution is 5.67. The van der Waals surface area contributed by atoms with Crippen molar-refractivity contribution in [3.8, 4) is 6.07 Å². The molecule has 1 atom stereocenters. The lowest BCUT2D eigenvalue weighted by Gasteiger charge is -2.34. The summed E-state index contributed by atoms with van der Waals surface area (Å²) in [6, 6.07) is 2.50. The molecule has 3 aliphatic rings. The highest BCUT2D eigenvalue weighted by Gasteiger charge is 2.28.